The molecule has 1 rings (SSSR count). The Labute approximate surface area is 120 Å². The third kappa shape index (κ3) is 4.47. The summed E-state index contributed by atoms with van der Waals surface area (Å²) in [6, 6.07) is 0. The van der Waals surface area contributed by atoms with Crippen LogP contribution in [0.5, 0.6) is 0 Å². The molecule has 1 aliphatic rings. The molecule has 0 aromatic carbocycles. The van der Waals surface area contributed by atoms with Crippen LogP contribution in [0, 0.1) is 5.92 Å². The number of nitrogens with zero attached hydrogens (tertiary/aromatic N) is 1. The zero-order valence-electron chi connectivity index (χ0n) is 12.0. The van der Waals surface area contributed by atoms with E-state index in [1.807, 2.05) is 0 Å². The Morgan fingerprint density at radius 1 is 1.10 bits per heavy atom. The fourth-order valence-corrected chi connectivity index (χ4v) is 4.37. The Balaban J connectivity index is 2.78. The second-order valence-corrected chi connectivity index (χ2v) is 7.73. The minimum Gasteiger partial charge on any atom is -0.480 e. The summed E-state index contributed by atoms with van der Waals surface area (Å²) in [6.07, 6.45) is 3.83. The standard InChI is InChI=1S/C13H23NO5S/c1-10(2)12(13(16)17)20(18,19)9-11(15)14-7-5-3-4-6-8-14/h10,12H,3-9H2,1-2H3,(H,16,17). The summed E-state index contributed by atoms with van der Waals surface area (Å²) in [5.41, 5.74) is 0. The van der Waals surface area contributed by atoms with E-state index in [4.69, 9.17) is 5.11 Å². The predicted octanol–water partition coefficient (Wildman–Crippen LogP) is 0.913. The smallest absolute Gasteiger partial charge is 0.322 e. The molecule has 20 heavy (non-hydrogen) atoms. The van der Waals surface area contributed by atoms with E-state index >= 15 is 0 Å². The summed E-state index contributed by atoms with van der Waals surface area (Å²) < 4.78 is 24.2. The van der Waals surface area contributed by atoms with Crippen molar-refractivity contribution >= 4 is 21.7 Å². The number of carboxylic acid groups (broad SMARTS) is 1. The molecule has 1 N–H and O–H groups in total. The number of carbonyl (C=O) groups excluding carboxylic acids is 1. The maximum absolute atomic E-state index is 12.1. The first-order valence-corrected chi connectivity index (χ1v) is 8.69. The maximum atomic E-state index is 12.1. The second kappa shape index (κ2) is 7.06. The first-order chi connectivity index (χ1) is 9.25. The molecule has 0 aromatic rings. The van der Waals surface area contributed by atoms with Gasteiger partial charge in [-0.1, -0.05) is 26.7 Å². The summed E-state index contributed by atoms with van der Waals surface area (Å²) in [6.45, 7) is 4.20. The highest BCUT2D eigenvalue weighted by Crippen LogP contribution is 2.16. The molecule has 1 amide bonds. The summed E-state index contributed by atoms with van der Waals surface area (Å²) >= 11 is 0. The molecule has 1 aliphatic heterocycles. The number of carbonyl (C=O) groups is 2. The summed E-state index contributed by atoms with van der Waals surface area (Å²) in [5.74, 6) is -3.13. The Bertz CT molecular complexity index is 449. The van der Waals surface area contributed by atoms with Crippen LogP contribution in [0.15, 0.2) is 0 Å². The number of amides is 1. The van der Waals surface area contributed by atoms with Crippen LogP contribution >= 0.6 is 0 Å². The second-order valence-electron chi connectivity index (χ2n) is 5.61. The lowest BCUT2D eigenvalue weighted by molar-refractivity contribution is -0.137. The van der Waals surface area contributed by atoms with Crippen LogP contribution < -0.4 is 0 Å². The van der Waals surface area contributed by atoms with Crippen LogP contribution in [0.2, 0.25) is 0 Å². The van der Waals surface area contributed by atoms with Crippen molar-refractivity contribution in [2.24, 2.45) is 5.92 Å². The van der Waals surface area contributed by atoms with Crippen molar-refractivity contribution in [3.63, 3.8) is 0 Å². The first-order valence-electron chi connectivity index (χ1n) is 6.98. The van der Waals surface area contributed by atoms with E-state index in [1.165, 1.54) is 13.8 Å². The largest absolute Gasteiger partial charge is 0.480 e. The quantitative estimate of drug-likeness (QED) is 0.815. The first kappa shape index (κ1) is 16.9. The van der Waals surface area contributed by atoms with Gasteiger partial charge in [0.05, 0.1) is 0 Å². The number of rotatable bonds is 5. The van der Waals surface area contributed by atoms with Gasteiger partial charge in [0.25, 0.3) is 0 Å². The van der Waals surface area contributed by atoms with Crippen LogP contribution in [0.25, 0.3) is 0 Å². The van der Waals surface area contributed by atoms with E-state index in [0.717, 1.165) is 25.7 Å². The zero-order valence-corrected chi connectivity index (χ0v) is 12.9. The van der Waals surface area contributed by atoms with Crippen molar-refractivity contribution in [1.82, 2.24) is 4.90 Å². The topological polar surface area (TPSA) is 91.7 Å². The number of aliphatic carboxylic acids is 1. The van der Waals surface area contributed by atoms with Crippen LogP contribution in [-0.4, -0.2) is 54.4 Å². The van der Waals surface area contributed by atoms with E-state index in [0.29, 0.717) is 13.1 Å². The zero-order chi connectivity index (χ0) is 15.3. The molecule has 0 radical (unpaired) electrons. The lowest BCUT2D eigenvalue weighted by Crippen LogP contribution is -2.43. The van der Waals surface area contributed by atoms with Gasteiger partial charge in [-0.3, -0.25) is 9.59 Å². The average molecular weight is 305 g/mol. The molecule has 0 aromatic heterocycles. The molecule has 1 saturated heterocycles. The Hall–Kier alpha value is -1.11. The van der Waals surface area contributed by atoms with Gasteiger partial charge in [0.15, 0.2) is 15.1 Å². The van der Waals surface area contributed by atoms with E-state index in [-0.39, 0.29) is 0 Å². The molecule has 6 nitrogen and oxygen atoms in total. The summed E-state index contributed by atoms with van der Waals surface area (Å²) in [5, 5.41) is 7.53. The van der Waals surface area contributed by atoms with Gasteiger partial charge in [-0.25, -0.2) is 8.42 Å². The van der Waals surface area contributed by atoms with E-state index < -0.39 is 38.6 Å². The molecular formula is C13H23NO5S. The molecule has 1 unspecified atom stereocenters. The Morgan fingerprint density at radius 3 is 2.00 bits per heavy atom. The van der Waals surface area contributed by atoms with Crippen LogP contribution in [0.4, 0.5) is 0 Å². The molecule has 7 heteroatoms. The average Bonchev–Trinajstić information content (AvgIpc) is 2.54. The van der Waals surface area contributed by atoms with Crippen LogP contribution in [0.1, 0.15) is 39.5 Å². The Kier molecular flexibility index (Phi) is 5.98. The van der Waals surface area contributed by atoms with Crippen molar-refractivity contribution < 1.29 is 23.1 Å². The van der Waals surface area contributed by atoms with E-state index in [2.05, 4.69) is 0 Å². The van der Waals surface area contributed by atoms with Crippen molar-refractivity contribution in [2.75, 3.05) is 18.8 Å². The molecule has 116 valence electrons. The highest BCUT2D eigenvalue weighted by atomic mass is 32.2. The predicted molar refractivity (Wildman–Crippen MR) is 75.1 cm³/mol. The number of hydrogen-bond acceptors (Lipinski definition) is 4. The Morgan fingerprint density at radius 2 is 1.60 bits per heavy atom. The summed E-state index contributed by atoms with van der Waals surface area (Å²) in [7, 11) is -3.97. The number of likely N-dealkylation sites (tertiary alicyclic amines) is 1. The van der Waals surface area contributed by atoms with Crippen LogP contribution in [-0.2, 0) is 19.4 Å². The van der Waals surface area contributed by atoms with Gasteiger partial charge in [0, 0.05) is 13.1 Å². The summed E-state index contributed by atoms with van der Waals surface area (Å²) in [4.78, 5) is 24.7. The SMILES string of the molecule is CC(C)C(C(=O)O)S(=O)(=O)CC(=O)N1CCCCCC1. The molecule has 0 aliphatic carbocycles. The molecule has 0 saturated carbocycles. The van der Waals surface area contributed by atoms with Gasteiger partial charge in [0.1, 0.15) is 5.75 Å². The lowest BCUT2D eigenvalue weighted by atomic mass is 10.1. The van der Waals surface area contributed by atoms with Gasteiger partial charge >= 0.3 is 5.97 Å². The molecular weight excluding hydrogens is 282 g/mol. The minimum atomic E-state index is -3.97. The third-order valence-corrected chi connectivity index (χ3v) is 5.69. The molecule has 1 heterocycles. The van der Waals surface area contributed by atoms with E-state index in [1.54, 1.807) is 4.90 Å². The molecule has 0 bridgehead atoms. The molecule has 1 fully saturated rings. The number of sulfone groups is 1. The maximum Gasteiger partial charge on any atom is 0.322 e. The third-order valence-electron chi connectivity index (χ3n) is 3.52. The van der Waals surface area contributed by atoms with Gasteiger partial charge in [-0.15, -0.1) is 0 Å². The number of carboxylic acids is 1. The van der Waals surface area contributed by atoms with E-state index in [9.17, 15) is 18.0 Å². The number of hydrogen-bond donors (Lipinski definition) is 1. The fourth-order valence-electron chi connectivity index (χ4n) is 2.53. The van der Waals surface area contributed by atoms with Gasteiger partial charge < -0.3 is 10.0 Å². The monoisotopic (exact) mass is 305 g/mol. The fraction of sp³-hybridized carbons (Fsp3) is 0.846. The highest BCUT2D eigenvalue weighted by Gasteiger charge is 2.37. The van der Waals surface area contributed by atoms with Crippen LogP contribution in [0.3, 0.4) is 0 Å². The van der Waals surface area contributed by atoms with Crippen molar-refractivity contribution in [1.29, 1.82) is 0 Å². The lowest BCUT2D eigenvalue weighted by Gasteiger charge is -2.22. The highest BCUT2D eigenvalue weighted by molar-refractivity contribution is 7.93. The van der Waals surface area contributed by atoms with Crippen molar-refractivity contribution in [3.05, 3.63) is 0 Å². The minimum absolute atomic E-state index is 0.473. The van der Waals surface area contributed by atoms with Gasteiger partial charge in [-0.05, 0) is 18.8 Å². The normalized spacial score (nSPS) is 18.6. The molecule has 1 atom stereocenters. The van der Waals surface area contributed by atoms with Gasteiger partial charge in [-0.2, -0.15) is 0 Å². The molecule has 0 spiro atoms. The van der Waals surface area contributed by atoms with Crippen molar-refractivity contribution in [3.8, 4) is 0 Å². The van der Waals surface area contributed by atoms with Gasteiger partial charge in [0.2, 0.25) is 5.91 Å². The van der Waals surface area contributed by atoms with Crippen molar-refractivity contribution in [2.45, 2.75) is 44.8 Å².